The predicted molar refractivity (Wildman–Crippen MR) is 123 cm³/mol. The Morgan fingerprint density at radius 1 is 0.935 bits per heavy atom. The molecule has 0 N–H and O–H groups in total. The highest BCUT2D eigenvalue weighted by Gasteiger charge is 2.60. The summed E-state index contributed by atoms with van der Waals surface area (Å²) in [7, 11) is -0.203. The van der Waals surface area contributed by atoms with Crippen LogP contribution in [0.4, 0.5) is 0 Å². The number of hydrogen-bond acceptors (Lipinski definition) is 3. The van der Waals surface area contributed by atoms with Gasteiger partial charge in [-0.25, -0.2) is 0 Å². The molecule has 0 spiro atoms. The van der Waals surface area contributed by atoms with Crippen LogP contribution in [0.2, 0.25) is 0 Å². The third kappa shape index (κ3) is 3.04. The summed E-state index contributed by atoms with van der Waals surface area (Å²) in [6.45, 7) is 5.78. The van der Waals surface area contributed by atoms with Crippen LogP contribution in [0.3, 0.4) is 0 Å². The van der Waals surface area contributed by atoms with Crippen molar-refractivity contribution >= 4 is 18.4 Å². The Labute approximate surface area is 187 Å². The van der Waals surface area contributed by atoms with E-state index in [2.05, 4.69) is 38.1 Å². The molecule has 1 saturated heterocycles. The fraction of sp³-hybridized carbons (Fsp3) is 0.667. The maximum atomic E-state index is 12.1. The molecule has 4 aliphatic carbocycles. The van der Waals surface area contributed by atoms with Gasteiger partial charge >= 0.3 is 7.12 Å². The average molecular weight is 418 g/mol. The van der Waals surface area contributed by atoms with E-state index in [4.69, 9.17) is 9.31 Å². The highest BCUT2D eigenvalue weighted by atomic mass is 16.6. The largest absolute Gasteiger partial charge is 0.494 e. The van der Waals surface area contributed by atoms with Crippen molar-refractivity contribution in [3.63, 3.8) is 0 Å². The molecule has 7 atom stereocenters. The average Bonchev–Trinajstić information content (AvgIpc) is 3.39. The van der Waals surface area contributed by atoms with E-state index in [-0.39, 0.29) is 18.6 Å². The molecule has 4 heteroatoms. The minimum atomic E-state index is -0.203. The zero-order valence-electron chi connectivity index (χ0n) is 19.0. The first-order chi connectivity index (χ1) is 15.0. The van der Waals surface area contributed by atoms with Gasteiger partial charge in [-0.1, -0.05) is 49.8 Å². The molecular weight excluding hydrogens is 383 g/mol. The van der Waals surface area contributed by atoms with Crippen LogP contribution in [0, 0.1) is 34.5 Å². The topological polar surface area (TPSA) is 35.5 Å². The lowest BCUT2D eigenvalue weighted by Gasteiger charge is -2.58. The zero-order valence-corrected chi connectivity index (χ0v) is 19.0. The number of allylic oxidation sites excluding steroid dienone is 1. The number of hydrogen-bond donors (Lipinski definition) is 0. The lowest BCUT2D eigenvalue weighted by molar-refractivity contribution is -0.117. The third-order valence-corrected chi connectivity index (χ3v) is 10.3. The molecule has 0 amide bonds. The van der Waals surface area contributed by atoms with E-state index in [1.54, 1.807) is 0 Å². The number of benzene rings is 1. The lowest BCUT2D eigenvalue weighted by atomic mass is 9.46. The summed E-state index contributed by atoms with van der Waals surface area (Å²) in [4.78, 5) is 12.1. The molecule has 6 rings (SSSR count). The summed E-state index contributed by atoms with van der Waals surface area (Å²) in [5, 5.41) is 0. The Bertz CT molecular complexity index is 897. The van der Waals surface area contributed by atoms with Gasteiger partial charge in [0.15, 0.2) is 5.78 Å². The van der Waals surface area contributed by atoms with Gasteiger partial charge in [0.2, 0.25) is 0 Å². The van der Waals surface area contributed by atoms with Crippen molar-refractivity contribution < 1.29 is 14.1 Å². The Kier molecular flexibility index (Phi) is 4.78. The molecule has 0 bridgehead atoms. The Morgan fingerprint density at radius 2 is 1.74 bits per heavy atom. The van der Waals surface area contributed by atoms with E-state index < -0.39 is 0 Å². The summed E-state index contributed by atoms with van der Waals surface area (Å²) < 4.78 is 12.7. The van der Waals surface area contributed by atoms with Crippen LogP contribution in [0.15, 0.2) is 42.0 Å². The predicted octanol–water partition coefficient (Wildman–Crippen LogP) is 4.95. The summed E-state index contributed by atoms with van der Waals surface area (Å²) >= 11 is 0. The number of fused-ring (bicyclic) bond motifs is 5. The van der Waals surface area contributed by atoms with Gasteiger partial charge in [0, 0.05) is 6.42 Å². The van der Waals surface area contributed by atoms with Gasteiger partial charge in [0.05, 0.1) is 12.7 Å². The number of ketones is 1. The monoisotopic (exact) mass is 418 g/mol. The number of rotatable bonds is 2. The summed E-state index contributed by atoms with van der Waals surface area (Å²) in [5.74, 6) is 3.33. The maximum Gasteiger partial charge on any atom is 0.494 e. The molecule has 0 aromatic heterocycles. The lowest BCUT2D eigenvalue weighted by Crippen LogP contribution is -2.51. The highest BCUT2D eigenvalue weighted by Crippen LogP contribution is 2.67. The van der Waals surface area contributed by atoms with E-state index in [9.17, 15) is 4.79 Å². The van der Waals surface area contributed by atoms with Gasteiger partial charge < -0.3 is 9.31 Å². The van der Waals surface area contributed by atoms with Crippen molar-refractivity contribution in [2.75, 3.05) is 6.61 Å². The van der Waals surface area contributed by atoms with Crippen LogP contribution >= 0.6 is 0 Å². The minimum Gasteiger partial charge on any atom is -0.405 e. The van der Waals surface area contributed by atoms with E-state index in [1.165, 1.54) is 37.7 Å². The van der Waals surface area contributed by atoms with Crippen molar-refractivity contribution in [1.82, 2.24) is 0 Å². The number of carbonyl (C=O) groups excluding carboxylic acids is 1. The molecule has 3 nitrogen and oxygen atoms in total. The van der Waals surface area contributed by atoms with Gasteiger partial charge in [-0.15, -0.1) is 0 Å². The van der Waals surface area contributed by atoms with E-state index in [1.807, 2.05) is 12.1 Å². The molecule has 7 unspecified atom stereocenters. The molecule has 5 aliphatic rings. The maximum absolute atomic E-state index is 12.1. The normalized spacial score (nSPS) is 44.5. The van der Waals surface area contributed by atoms with Gasteiger partial charge in [-0.05, 0) is 91.0 Å². The molecule has 1 aliphatic heterocycles. The first kappa shape index (κ1) is 20.2. The SMILES string of the molecule is CC12CCC(=O)C=C1CCC1C2CCC2(C)C(C3COB(c4ccccc4)O3)CCC12. The van der Waals surface area contributed by atoms with Crippen molar-refractivity contribution in [1.29, 1.82) is 0 Å². The minimum absolute atomic E-state index is 0.203. The van der Waals surface area contributed by atoms with Crippen molar-refractivity contribution in [2.24, 2.45) is 34.5 Å². The molecule has 31 heavy (non-hydrogen) atoms. The molecule has 4 fully saturated rings. The Hall–Kier alpha value is -1.39. The second-order valence-electron chi connectivity index (χ2n) is 11.4. The van der Waals surface area contributed by atoms with Gasteiger partial charge in [-0.2, -0.15) is 0 Å². The van der Waals surface area contributed by atoms with Crippen LogP contribution in [0.1, 0.15) is 65.2 Å². The van der Waals surface area contributed by atoms with Crippen molar-refractivity contribution in [2.45, 2.75) is 71.3 Å². The standard InChI is InChI=1S/C27H35BO3/c1-26-14-12-20(29)16-18(26)8-9-21-22-10-11-24(27(22,2)15-13-23(21)26)25-17-30-28(31-25)19-6-4-3-5-7-19/h3-7,16,21-25H,8-15,17H2,1-2H3. The first-order valence-corrected chi connectivity index (χ1v) is 12.5. The summed E-state index contributed by atoms with van der Waals surface area (Å²) in [5.41, 5.74) is 3.24. The molecule has 0 radical (unpaired) electrons. The van der Waals surface area contributed by atoms with Crippen LogP contribution in [-0.4, -0.2) is 25.6 Å². The van der Waals surface area contributed by atoms with Crippen LogP contribution < -0.4 is 5.46 Å². The molecule has 164 valence electrons. The van der Waals surface area contributed by atoms with Crippen molar-refractivity contribution in [3.05, 3.63) is 42.0 Å². The molecular formula is C27H35BO3. The molecule has 1 heterocycles. The quantitative estimate of drug-likeness (QED) is 0.638. The van der Waals surface area contributed by atoms with Crippen molar-refractivity contribution in [3.8, 4) is 0 Å². The molecule has 1 aromatic rings. The second-order valence-corrected chi connectivity index (χ2v) is 11.4. The second kappa shape index (κ2) is 7.32. The van der Waals surface area contributed by atoms with E-state index in [0.717, 1.165) is 49.1 Å². The fourth-order valence-electron chi connectivity index (χ4n) is 8.63. The third-order valence-electron chi connectivity index (χ3n) is 10.3. The van der Waals surface area contributed by atoms with Crippen LogP contribution in [-0.2, 0) is 14.1 Å². The summed E-state index contributed by atoms with van der Waals surface area (Å²) in [6, 6.07) is 10.4. The molecule has 1 aromatic carbocycles. The Balaban J connectivity index is 1.22. The highest BCUT2D eigenvalue weighted by molar-refractivity contribution is 6.61. The smallest absolute Gasteiger partial charge is 0.405 e. The van der Waals surface area contributed by atoms with Gasteiger partial charge in [0.1, 0.15) is 0 Å². The van der Waals surface area contributed by atoms with Crippen LogP contribution in [0.5, 0.6) is 0 Å². The van der Waals surface area contributed by atoms with E-state index in [0.29, 0.717) is 17.1 Å². The Morgan fingerprint density at radius 3 is 2.58 bits per heavy atom. The fourth-order valence-corrected chi connectivity index (χ4v) is 8.63. The van der Waals surface area contributed by atoms with E-state index >= 15 is 0 Å². The number of carbonyl (C=O) groups is 1. The van der Waals surface area contributed by atoms with Gasteiger partial charge in [0.25, 0.3) is 0 Å². The molecule has 3 saturated carbocycles. The zero-order chi connectivity index (χ0) is 21.2. The first-order valence-electron chi connectivity index (χ1n) is 12.5. The van der Waals surface area contributed by atoms with Gasteiger partial charge in [-0.3, -0.25) is 4.79 Å². The summed E-state index contributed by atoms with van der Waals surface area (Å²) in [6.07, 6.45) is 11.7. The van der Waals surface area contributed by atoms with Crippen LogP contribution in [0.25, 0.3) is 0 Å².